The first-order valence-corrected chi connectivity index (χ1v) is 10.8. The first-order chi connectivity index (χ1) is 13.2. The molecule has 5 nitrogen and oxygen atoms in total. The maximum Gasteiger partial charge on any atom is 0.255 e. The minimum absolute atomic E-state index is 0.209. The van der Waals surface area contributed by atoms with Crippen molar-refractivity contribution in [3.8, 4) is 0 Å². The van der Waals surface area contributed by atoms with Crippen molar-refractivity contribution in [1.82, 2.24) is 19.5 Å². The van der Waals surface area contributed by atoms with Crippen LogP contribution in [0.15, 0.2) is 29.8 Å². The largest absolute Gasteiger partial charge is 0.338 e. The van der Waals surface area contributed by atoms with Gasteiger partial charge in [-0.05, 0) is 55.7 Å². The number of thiophene rings is 1. The van der Waals surface area contributed by atoms with E-state index in [0.29, 0.717) is 0 Å². The third-order valence-electron chi connectivity index (χ3n) is 6.05. The molecule has 0 bridgehead atoms. The highest BCUT2D eigenvalue weighted by atomic mass is 32.1. The van der Waals surface area contributed by atoms with E-state index in [1.165, 1.54) is 16.9 Å². The highest BCUT2D eigenvalue weighted by molar-refractivity contribution is 7.10. The molecular weight excluding hydrogens is 356 g/mol. The molecule has 6 heteroatoms. The molecule has 1 fully saturated rings. The Bertz CT molecular complexity index is 991. The van der Waals surface area contributed by atoms with Gasteiger partial charge in [-0.1, -0.05) is 13.0 Å². The molecule has 0 spiro atoms. The van der Waals surface area contributed by atoms with Crippen LogP contribution in [-0.4, -0.2) is 38.5 Å². The molecule has 3 aromatic heterocycles. The Morgan fingerprint density at radius 2 is 2.19 bits per heavy atom. The Labute approximate surface area is 163 Å². The van der Waals surface area contributed by atoms with Crippen molar-refractivity contribution >= 4 is 22.9 Å². The Balaban J connectivity index is 1.39. The summed E-state index contributed by atoms with van der Waals surface area (Å²) in [4.78, 5) is 16.7. The molecule has 1 saturated heterocycles. The van der Waals surface area contributed by atoms with Gasteiger partial charge < -0.3 is 4.90 Å². The van der Waals surface area contributed by atoms with E-state index >= 15 is 0 Å². The van der Waals surface area contributed by atoms with Crippen LogP contribution < -0.4 is 0 Å². The third kappa shape index (κ3) is 2.96. The lowest BCUT2D eigenvalue weighted by atomic mass is 9.88. The Morgan fingerprint density at radius 3 is 3.11 bits per heavy atom. The molecule has 0 aromatic carbocycles. The predicted octanol–water partition coefficient (Wildman–Crippen LogP) is 3.94. The fourth-order valence-electron chi connectivity index (χ4n) is 4.54. The van der Waals surface area contributed by atoms with Gasteiger partial charge in [0.05, 0.1) is 5.56 Å². The number of likely N-dealkylation sites (tertiary alicyclic amines) is 1. The zero-order valence-electron chi connectivity index (χ0n) is 15.6. The normalized spacial score (nSPS) is 22.8. The number of aromatic nitrogens is 3. The van der Waals surface area contributed by atoms with Gasteiger partial charge in [-0.15, -0.1) is 21.5 Å². The van der Waals surface area contributed by atoms with Gasteiger partial charge >= 0.3 is 0 Å². The lowest BCUT2D eigenvalue weighted by Crippen LogP contribution is -2.39. The first-order valence-electron chi connectivity index (χ1n) is 9.89. The Hall–Kier alpha value is -2.21. The summed E-state index contributed by atoms with van der Waals surface area (Å²) >= 11 is 1.77. The SMILES string of the molecule is CC1CCc2c(C(=O)N3CCCC(c4nnc5ccccn45)C3)csc2C1. The van der Waals surface area contributed by atoms with E-state index in [2.05, 4.69) is 26.9 Å². The quantitative estimate of drug-likeness (QED) is 0.677. The molecule has 3 aromatic rings. The number of pyridine rings is 1. The number of hydrogen-bond donors (Lipinski definition) is 0. The van der Waals surface area contributed by atoms with Crippen LogP contribution in [0.5, 0.6) is 0 Å². The molecule has 0 saturated carbocycles. The molecule has 2 unspecified atom stereocenters. The molecule has 2 aliphatic rings. The van der Waals surface area contributed by atoms with Gasteiger partial charge in [0, 0.05) is 35.5 Å². The summed E-state index contributed by atoms with van der Waals surface area (Å²) in [5, 5.41) is 10.8. The van der Waals surface area contributed by atoms with Crippen molar-refractivity contribution in [2.45, 2.75) is 44.9 Å². The number of rotatable bonds is 2. The van der Waals surface area contributed by atoms with Gasteiger partial charge in [-0.3, -0.25) is 9.20 Å². The lowest BCUT2D eigenvalue weighted by molar-refractivity contribution is 0.0703. The molecule has 2 atom stereocenters. The molecule has 4 heterocycles. The Morgan fingerprint density at radius 1 is 1.26 bits per heavy atom. The van der Waals surface area contributed by atoms with Crippen LogP contribution in [0.4, 0.5) is 0 Å². The lowest BCUT2D eigenvalue weighted by Gasteiger charge is -2.32. The average Bonchev–Trinajstić information content (AvgIpc) is 3.31. The highest BCUT2D eigenvalue weighted by Gasteiger charge is 2.31. The van der Waals surface area contributed by atoms with Crippen molar-refractivity contribution in [2.75, 3.05) is 13.1 Å². The van der Waals surface area contributed by atoms with Crippen molar-refractivity contribution in [2.24, 2.45) is 5.92 Å². The van der Waals surface area contributed by atoms with Crippen LogP contribution in [0.3, 0.4) is 0 Å². The summed E-state index contributed by atoms with van der Waals surface area (Å²) in [5.74, 6) is 2.17. The van der Waals surface area contributed by atoms with Gasteiger partial charge in [0.15, 0.2) is 5.65 Å². The van der Waals surface area contributed by atoms with Crippen LogP contribution in [0.25, 0.3) is 5.65 Å². The van der Waals surface area contributed by atoms with Crippen LogP contribution in [0, 0.1) is 5.92 Å². The summed E-state index contributed by atoms with van der Waals surface area (Å²) in [6.45, 7) is 3.88. The minimum atomic E-state index is 0.209. The molecule has 0 N–H and O–H groups in total. The molecule has 1 aliphatic heterocycles. The molecule has 27 heavy (non-hydrogen) atoms. The summed E-state index contributed by atoms with van der Waals surface area (Å²) in [5.41, 5.74) is 3.14. The van der Waals surface area contributed by atoms with E-state index in [-0.39, 0.29) is 11.8 Å². The van der Waals surface area contributed by atoms with E-state index in [9.17, 15) is 4.79 Å². The standard InChI is InChI=1S/C21H24N4OS/c1-14-7-8-16-17(13-27-18(16)11-14)21(26)24-9-4-5-15(12-24)20-23-22-19-6-2-3-10-25(19)20/h2-3,6,10,13-15H,4-5,7-9,11-12H2,1H3. The van der Waals surface area contributed by atoms with Gasteiger partial charge in [-0.2, -0.15) is 0 Å². The van der Waals surface area contributed by atoms with Crippen molar-refractivity contribution < 1.29 is 4.79 Å². The fourth-order valence-corrected chi connectivity index (χ4v) is 5.78. The zero-order valence-corrected chi connectivity index (χ0v) is 16.4. The zero-order chi connectivity index (χ0) is 18.4. The van der Waals surface area contributed by atoms with Crippen LogP contribution in [0.1, 0.15) is 58.7 Å². The molecule has 1 amide bonds. The monoisotopic (exact) mass is 380 g/mol. The first kappa shape index (κ1) is 16.9. The number of hydrogen-bond acceptors (Lipinski definition) is 4. The van der Waals surface area contributed by atoms with E-state index < -0.39 is 0 Å². The van der Waals surface area contributed by atoms with E-state index in [1.54, 1.807) is 11.3 Å². The second-order valence-corrected chi connectivity index (χ2v) is 8.94. The number of carbonyl (C=O) groups excluding carboxylic acids is 1. The molecule has 0 radical (unpaired) electrons. The van der Waals surface area contributed by atoms with Crippen molar-refractivity contribution in [1.29, 1.82) is 0 Å². The number of amides is 1. The van der Waals surface area contributed by atoms with Gasteiger partial charge in [0.25, 0.3) is 5.91 Å². The molecular formula is C21H24N4OS. The smallest absolute Gasteiger partial charge is 0.255 e. The van der Waals surface area contributed by atoms with Gasteiger partial charge in [0.1, 0.15) is 5.82 Å². The molecule has 140 valence electrons. The predicted molar refractivity (Wildman–Crippen MR) is 106 cm³/mol. The summed E-state index contributed by atoms with van der Waals surface area (Å²) in [7, 11) is 0. The number of carbonyl (C=O) groups is 1. The van der Waals surface area contributed by atoms with Crippen LogP contribution in [-0.2, 0) is 12.8 Å². The maximum absolute atomic E-state index is 13.3. The van der Waals surface area contributed by atoms with Crippen molar-refractivity contribution in [3.63, 3.8) is 0 Å². The minimum Gasteiger partial charge on any atom is -0.338 e. The fraction of sp³-hybridized carbons (Fsp3) is 0.476. The average molecular weight is 381 g/mol. The van der Waals surface area contributed by atoms with Crippen LogP contribution in [0.2, 0.25) is 0 Å². The third-order valence-corrected chi connectivity index (χ3v) is 7.10. The second-order valence-electron chi connectivity index (χ2n) is 7.98. The van der Waals surface area contributed by atoms with Gasteiger partial charge in [0.2, 0.25) is 0 Å². The maximum atomic E-state index is 13.3. The number of nitrogens with zero attached hydrogens (tertiary/aromatic N) is 4. The number of fused-ring (bicyclic) bond motifs is 2. The van der Waals surface area contributed by atoms with Gasteiger partial charge in [-0.25, -0.2) is 0 Å². The van der Waals surface area contributed by atoms with Crippen LogP contribution >= 0.6 is 11.3 Å². The van der Waals surface area contributed by atoms with E-state index in [4.69, 9.17) is 0 Å². The molecule has 1 aliphatic carbocycles. The summed E-state index contributed by atoms with van der Waals surface area (Å²) in [6, 6.07) is 5.95. The van der Waals surface area contributed by atoms with E-state index in [1.807, 2.05) is 29.3 Å². The second kappa shape index (κ2) is 6.75. The highest BCUT2D eigenvalue weighted by Crippen LogP contribution is 2.34. The Kier molecular flexibility index (Phi) is 4.23. The summed E-state index contributed by atoms with van der Waals surface area (Å²) in [6.07, 6.45) is 7.45. The van der Waals surface area contributed by atoms with E-state index in [0.717, 1.165) is 61.7 Å². The topological polar surface area (TPSA) is 50.5 Å². The van der Waals surface area contributed by atoms with Crippen molar-refractivity contribution in [3.05, 3.63) is 51.6 Å². The molecule has 5 rings (SSSR count). The number of piperidine rings is 1. The summed E-state index contributed by atoms with van der Waals surface area (Å²) < 4.78 is 2.06.